The molecule has 2 amide bonds. The first-order valence-electron chi connectivity index (χ1n) is 11.0. The predicted octanol–water partition coefficient (Wildman–Crippen LogP) is 2.48. The van der Waals surface area contributed by atoms with E-state index in [9.17, 15) is 18.0 Å². The lowest BCUT2D eigenvalue weighted by atomic mass is 10.1. The van der Waals surface area contributed by atoms with Crippen molar-refractivity contribution in [1.29, 1.82) is 0 Å². The third-order valence-electron chi connectivity index (χ3n) is 5.23. The molecule has 0 aliphatic rings. The maximum absolute atomic E-state index is 13.1. The fourth-order valence-corrected chi connectivity index (χ4v) is 4.38. The fraction of sp³-hybridized carbons (Fsp3) is 0.417. The fourth-order valence-electron chi connectivity index (χ4n) is 3.34. The monoisotopic (exact) mass is 475 g/mol. The summed E-state index contributed by atoms with van der Waals surface area (Å²) < 4.78 is 31.8. The molecule has 0 aliphatic carbocycles. The lowest BCUT2D eigenvalue weighted by molar-refractivity contribution is -0.140. The van der Waals surface area contributed by atoms with Crippen LogP contribution in [-0.4, -0.2) is 51.4 Å². The summed E-state index contributed by atoms with van der Waals surface area (Å²) in [6.45, 7) is 6.35. The summed E-state index contributed by atoms with van der Waals surface area (Å²) in [5, 5.41) is 2.77. The van der Waals surface area contributed by atoms with E-state index in [-0.39, 0.29) is 23.1 Å². The van der Waals surface area contributed by atoms with Crippen LogP contribution >= 0.6 is 0 Å². The Labute approximate surface area is 196 Å². The second kappa shape index (κ2) is 12.4. The lowest BCUT2D eigenvalue weighted by Crippen LogP contribution is -2.47. The van der Waals surface area contributed by atoms with Gasteiger partial charge in [-0.15, -0.1) is 0 Å². The maximum atomic E-state index is 13.1. The van der Waals surface area contributed by atoms with E-state index in [4.69, 9.17) is 4.74 Å². The first-order valence-corrected chi connectivity index (χ1v) is 12.5. The summed E-state index contributed by atoms with van der Waals surface area (Å²) in [5.74, 6) is 0.347. The van der Waals surface area contributed by atoms with Crippen LogP contribution in [0.1, 0.15) is 38.3 Å². The zero-order valence-corrected chi connectivity index (χ0v) is 20.4. The first-order chi connectivity index (χ1) is 15.7. The van der Waals surface area contributed by atoms with Crippen molar-refractivity contribution < 1.29 is 22.7 Å². The molecule has 0 radical (unpaired) electrons. The molecule has 0 aliphatic heterocycles. The molecule has 0 saturated heterocycles. The van der Waals surface area contributed by atoms with Crippen LogP contribution in [0, 0.1) is 0 Å². The van der Waals surface area contributed by atoms with Gasteiger partial charge in [-0.2, -0.15) is 0 Å². The number of nitrogens with zero attached hydrogens (tertiary/aromatic N) is 1. The Kier molecular flexibility index (Phi) is 9.87. The second-order valence-electron chi connectivity index (χ2n) is 7.59. The van der Waals surface area contributed by atoms with Gasteiger partial charge in [0, 0.05) is 26.1 Å². The molecular weight excluding hydrogens is 442 g/mol. The Bertz CT molecular complexity index is 1020. The number of sulfonamides is 1. The molecule has 2 N–H and O–H groups in total. The van der Waals surface area contributed by atoms with Crippen molar-refractivity contribution in [2.45, 2.75) is 51.1 Å². The Hall–Kier alpha value is -2.91. The molecule has 0 aromatic heterocycles. The van der Waals surface area contributed by atoms with E-state index in [0.29, 0.717) is 31.8 Å². The van der Waals surface area contributed by atoms with Crippen molar-refractivity contribution in [3.05, 3.63) is 59.7 Å². The van der Waals surface area contributed by atoms with Crippen LogP contribution in [0.15, 0.2) is 53.4 Å². The third-order valence-corrected chi connectivity index (χ3v) is 6.79. The molecule has 33 heavy (non-hydrogen) atoms. The number of rotatable bonds is 12. The SMILES string of the molecule is CCNC(=O)[C@H](C)N(Cc1ccc(OC)cc1)C(=O)CCc1ccc(S(=O)(=O)NCC)cc1. The Balaban J connectivity index is 2.12. The predicted molar refractivity (Wildman–Crippen MR) is 127 cm³/mol. The molecule has 0 unspecified atom stereocenters. The molecule has 8 nitrogen and oxygen atoms in total. The number of aryl methyl sites for hydroxylation is 1. The van der Waals surface area contributed by atoms with Gasteiger partial charge in [0.05, 0.1) is 12.0 Å². The third kappa shape index (κ3) is 7.57. The highest BCUT2D eigenvalue weighted by atomic mass is 32.2. The molecule has 0 spiro atoms. The number of nitrogens with one attached hydrogen (secondary N) is 2. The summed E-state index contributed by atoms with van der Waals surface area (Å²) in [6, 6.07) is 13.2. The summed E-state index contributed by atoms with van der Waals surface area (Å²) >= 11 is 0. The van der Waals surface area contributed by atoms with Gasteiger partial charge in [0.1, 0.15) is 11.8 Å². The van der Waals surface area contributed by atoms with Crippen LogP contribution in [0.5, 0.6) is 5.75 Å². The highest BCUT2D eigenvalue weighted by Gasteiger charge is 2.25. The molecule has 0 fully saturated rings. The van der Waals surface area contributed by atoms with Crippen LogP contribution in [0.2, 0.25) is 0 Å². The Morgan fingerprint density at radius 2 is 1.58 bits per heavy atom. The van der Waals surface area contributed by atoms with Gasteiger partial charge in [0.2, 0.25) is 21.8 Å². The van der Waals surface area contributed by atoms with Gasteiger partial charge in [-0.25, -0.2) is 13.1 Å². The van der Waals surface area contributed by atoms with E-state index in [1.165, 1.54) is 12.1 Å². The maximum Gasteiger partial charge on any atom is 0.242 e. The van der Waals surface area contributed by atoms with Gasteiger partial charge in [-0.3, -0.25) is 9.59 Å². The molecule has 0 bridgehead atoms. The van der Waals surface area contributed by atoms with Crippen molar-refractivity contribution >= 4 is 21.8 Å². The number of hydrogen-bond acceptors (Lipinski definition) is 5. The van der Waals surface area contributed by atoms with Crippen molar-refractivity contribution in [1.82, 2.24) is 14.9 Å². The van der Waals surface area contributed by atoms with Crippen LogP contribution in [0.25, 0.3) is 0 Å². The Morgan fingerprint density at radius 1 is 0.970 bits per heavy atom. The van der Waals surface area contributed by atoms with Crippen molar-refractivity contribution in [2.75, 3.05) is 20.2 Å². The van der Waals surface area contributed by atoms with Gasteiger partial charge in [-0.05, 0) is 55.7 Å². The largest absolute Gasteiger partial charge is 0.497 e. The molecule has 2 rings (SSSR count). The quantitative estimate of drug-likeness (QED) is 0.491. The van der Waals surface area contributed by atoms with Gasteiger partial charge in [0.25, 0.3) is 0 Å². The number of carbonyl (C=O) groups excluding carboxylic acids is 2. The minimum atomic E-state index is -3.52. The highest BCUT2D eigenvalue weighted by molar-refractivity contribution is 7.89. The number of amides is 2. The zero-order chi connectivity index (χ0) is 24.4. The van der Waals surface area contributed by atoms with Crippen molar-refractivity contribution in [2.24, 2.45) is 0 Å². The zero-order valence-electron chi connectivity index (χ0n) is 19.6. The molecule has 2 aromatic carbocycles. The summed E-state index contributed by atoms with van der Waals surface area (Å²) in [7, 11) is -1.93. The summed E-state index contributed by atoms with van der Waals surface area (Å²) in [5.41, 5.74) is 1.73. The Morgan fingerprint density at radius 3 is 2.12 bits per heavy atom. The van der Waals surface area contributed by atoms with Gasteiger partial charge < -0.3 is 15.0 Å². The molecule has 2 aromatic rings. The molecule has 0 heterocycles. The number of ether oxygens (including phenoxy) is 1. The minimum Gasteiger partial charge on any atom is -0.497 e. The minimum absolute atomic E-state index is 0.158. The van der Waals surface area contributed by atoms with E-state index in [1.807, 2.05) is 31.2 Å². The number of methoxy groups -OCH3 is 1. The summed E-state index contributed by atoms with van der Waals surface area (Å²) in [6.07, 6.45) is 0.626. The van der Waals surface area contributed by atoms with Gasteiger partial charge in [-0.1, -0.05) is 31.2 Å². The molecule has 0 saturated carbocycles. The average molecular weight is 476 g/mol. The smallest absolute Gasteiger partial charge is 0.242 e. The average Bonchev–Trinajstić information content (AvgIpc) is 2.81. The molecule has 180 valence electrons. The van der Waals surface area contributed by atoms with E-state index in [1.54, 1.807) is 38.0 Å². The topological polar surface area (TPSA) is 105 Å². The number of carbonyl (C=O) groups is 2. The molecule has 9 heteroatoms. The van der Waals surface area contributed by atoms with E-state index in [2.05, 4.69) is 10.0 Å². The van der Waals surface area contributed by atoms with E-state index < -0.39 is 16.1 Å². The normalized spacial score (nSPS) is 12.1. The number of likely N-dealkylation sites (N-methyl/N-ethyl adjacent to an activating group) is 1. The summed E-state index contributed by atoms with van der Waals surface area (Å²) in [4.78, 5) is 27.3. The van der Waals surface area contributed by atoms with Crippen molar-refractivity contribution in [3.8, 4) is 5.75 Å². The first kappa shape index (κ1) is 26.3. The van der Waals surface area contributed by atoms with Gasteiger partial charge in [0.15, 0.2) is 0 Å². The standard InChI is InChI=1S/C24H33N3O5S/c1-5-25-24(29)18(3)27(17-20-7-12-21(32-4)13-8-20)23(28)16-11-19-9-14-22(15-10-19)33(30,31)26-6-2/h7-10,12-15,18,26H,5-6,11,16-17H2,1-4H3,(H,25,29)/t18-/m0/s1. The van der Waals surface area contributed by atoms with E-state index in [0.717, 1.165) is 11.1 Å². The molecule has 1 atom stereocenters. The van der Waals surface area contributed by atoms with Crippen LogP contribution in [-0.2, 0) is 32.6 Å². The van der Waals surface area contributed by atoms with Crippen LogP contribution in [0.4, 0.5) is 0 Å². The lowest BCUT2D eigenvalue weighted by Gasteiger charge is -2.29. The van der Waals surface area contributed by atoms with Crippen molar-refractivity contribution in [3.63, 3.8) is 0 Å². The van der Waals surface area contributed by atoms with Crippen LogP contribution in [0.3, 0.4) is 0 Å². The van der Waals surface area contributed by atoms with E-state index >= 15 is 0 Å². The van der Waals surface area contributed by atoms with Crippen LogP contribution < -0.4 is 14.8 Å². The molecular formula is C24H33N3O5S. The second-order valence-corrected chi connectivity index (χ2v) is 9.35. The number of hydrogen-bond donors (Lipinski definition) is 2. The number of benzene rings is 2. The highest BCUT2D eigenvalue weighted by Crippen LogP contribution is 2.17. The van der Waals surface area contributed by atoms with Gasteiger partial charge >= 0.3 is 0 Å².